The lowest BCUT2D eigenvalue weighted by atomic mass is 10.0. The minimum atomic E-state index is -0.838. The quantitative estimate of drug-likeness (QED) is 0.652. The van der Waals surface area contributed by atoms with Crippen molar-refractivity contribution in [1.29, 1.82) is 5.26 Å². The van der Waals surface area contributed by atoms with E-state index in [1.807, 2.05) is 0 Å². The van der Waals surface area contributed by atoms with Crippen LogP contribution in [0.2, 0.25) is 0 Å². The smallest absolute Gasteiger partial charge is 0.269 e. The Morgan fingerprint density at radius 1 is 1.62 bits per heavy atom. The normalized spacial score (nSPS) is 11.1. The monoisotopic (exact) mass is 245 g/mol. The van der Waals surface area contributed by atoms with Gasteiger partial charge in [-0.3, -0.25) is 10.1 Å². The van der Waals surface area contributed by atoms with Crippen molar-refractivity contribution in [3.63, 3.8) is 0 Å². The minimum absolute atomic E-state index is 0. The van der Waals surface area contributed by atoms with Gasteiger partial charge in [0, 0.05) is 23.7 Å². The molecule has 1 atom stereocenters. The fourth-order valence-electron chi connectivity index (χ4n) is 1.14. The molecule has 0 fully saturated rings. The summed E-state index contributed by atoms with van der Waals surface area (Å²) in [6.45, 7) is 0. The summed E-state index contributed by atoms with van der Waals surface area (Å²) in [5, 5.41) is 18.8. The number of nitrogens with zero attached hydrogens (tertiary/aromatic N) is 2. The van der Waals surface area contributed by atoms with Crippen molar-refractivity contribution in [1.82, 2.24) is 0 Å². The van der Waals surface area contributed by atoms with Crippen molar-refractivity contribution in [3.8, 4) is 6.07 Å². The fourth-order valence-corrected chi connectivity index (χ4v) is 1.14. The van der Waals surface area contributed by atoms with E-state index in [2.05, 4.69) is 0 Å². The SMILES string of the molecule is Cl.N#CC[C@@H](N)c1cc([N+](=O)[O-])ccc1F. The number of nitro groups is 1. The van der Waals surface area contributed by atoms with Gasteiger partial charge in [0.25, 0.3) is 5.69 Å². The summed E-state index contributed by atoms with van der Waals surface area (Å²) in [5.74, 6) is -0.636. The molecule has 0 spiro atoms. The number of hydrogen-bond acceptors (Lipinski definition) is 4. The van der Waals surface area contributed by atoms with E-state index in [-0.39, 0.29) is 30.1 Å². The third-order valence-corrected chi connectivity index (χ3v) is 1.90. The molecular weight excluding hydrogens is 237 g/mol. The molecule has 0 unspecified atom stereocenters. The van der Waals surface area contributed by atoms with Crippen molar-refractivity contribution in [2.45, 2.75) is 12.5 Å². The van der Waals surface area contributed by atoms with Crippen LogP contribution in [-0.4, -0.2) is 4.92 Å². The Hall–Kier alpha value is -1.71. The van der Waals surface area contributed by atoms with E-state index in [1.54, 1.807) is 6.07 Å². The second-order valence-electron chi connectivity index (χ2n) is 2.93. The van der Waals surface area contributed by atoms with Crippen LogP contribution in [0, 0.1) is 27.3 Å². The van der Waals surface area contributed by atoms with Gasteiger partial charge in [0.2, 0.25) is 0 Å². The standard InChI is InChI=1S/C9H8FN3O2.ClH/c10-8-2-1-6(13(14)15)5-7(8)9(12)3-4-11;/h1-2,5,9H,3,12H2;1H/t9-;/m1./s1. The first-order chi connectivity index (χ1) is 7.06. The van der Waals surface area contributed by atoms with Crippen LogP contribution in [-0.2, 0) is 0 Å². The van der Waals surface area contributed by atoms with Gasteiger partial charge in [-0.05, 0) is 6.07 Å². The van der Waals surface area contributed by atoms with E-state index in [4.69, 9.17) is 11.0 Å². The first kappa shape index (κ1) is 14.3. The van der Waals surface area contributed by atoms with Gasteiger partial charge in [0.1, 0.15) is 5.82 Å². The molecule has 0 radical (unpaired) electrons. The number of hydrogen-bond donors (Lipinski definition) is 1. The molecule has 0 amide bonds. The average molecular weight is 246 g/mol. The molecule has 5 nitrogen and oxygen atoms in total. The number of nitrogens with two attached hydrogens (primary N) is 1. The van der Waals surface area contributed by atoms with Gasteiger partial charge in [-0.15, -0.1) is 12.4 Å². The average Bonchev–Trinajstić information content (AvgIpc) is 2.18. The number of halogens is 2. The molecular formula is C9H9ClFN3O2. The Bertz CT molecular complexity index is 433. The van der Waals surface area contributed by atoms with Crippen LogP contribution < -0.4 is 5.73 Å². The van der Waals surface area contributed by atoms with Crippen molar-refractivity contribution in [2.24, 2.45) is 5.73 Å². The lowest BCUT2D eigenvalue weighted by Gasteiger charge is -2.08. The number of non-ortho nitro benzene ring substituents is 1. The zero-order chi connectivity index (χ0) is 11.4. The van der Waals surface area contributed by atoms with Gasteiger partial charge in [0.05, 0.1) is 17.4 Å². The molecule has 16 heavy (non-hydrogen) atoms. The molecule has 86 valence electrons. The van der Waals surface area contributed by atoms with Crippen LogP contribution in [0.4, 0.5) is 10.1 Å². The van der Waals surface area contributed by atoms with Gasteiger partial charge >= 0.3 is 0 Å². The zero-order valence-corrected chi connectivity index (χ0v) is 8.91. The molecule has 0 bridgehead atoms. The highest BCUT2D eigenvalue weighted by Crippen LogP contribution is 2.22. The maximum atomic E-state index is 13.2. The molecule has 1 aromatic carbocycles. The van der Waals surface area contributed by atoms with E-state index in [0.29, 0.717) is 0 Å². The Kier molecular flexibility index (Phi) is 5.36. The van der Waals surface area contributed by atoms with Crippen LogP contribution >= 0.6 is 12.4 Å². The second-order valence-corrected chi connectivity index (χ2v) is 2.93. The van der Waals surface area contributed by atoms with E-state index >= 15 is 0 Å². The van der Waals surface area contributed by atoms with E-state index in [9.17, 15) is 14.5 Å². The van der Waals surface area contributed by atoms with E-state index in [0.717, 1.165) is 18.2 Å². The van der Waals surface area contributed by atoms with Crippen molar-refractivity contribution in [3.05, 3.63) is 39.7 Å². The van der Waals surface area contributed by atoms with Gasteiger partial charge in [-0.25, -0.2) is 4.39 Å². The van der Waals surface area contributed by atoms with Crippen molar-refractivity contribution < 1.29 is 9.31 Å². The molecule has 0 aliphatic heterocycles. The predicted molar refractivity (Wildman–Crippen MR) is 57.5 cm³/mol. The summed E-state index contributed by atoms with van der Waals surface area (Å²) in [6, 6.07) is 4.03. The van der Waals surface area contributed by atoms with Crippen LogP contribution in [0.1, 0.15) is 18.0 Å². The first-order valence-corrected chi connectivity index (χ1v) is 4.12. The van der Waals surface area contributed by atoms with Crippen LogP contribution in [0.5, 0.6) is 0 Å². The van der Waals surface area contributed by atoms with E-state index in [1.165, 1.54) is 0 Å². The highest BCUT2D eigenvalue weighted by atomic mass is 35.5. The summed E-state index contributed by atoms with van der Waals surface area (Å²) < 4.78 is 13.2. The summed E-state index contributed by atoms with van der Waals surface area (Å²) in [5.41, 5.74) is 5.25. The maximum Gasteiger partial charge on any atom is 0.269 e. The number of rotatable bonds is 3. The Labute approximate surface area is 97.2 Å². The molecule has 2 N–H and O–H groups in total. The lowest BCUT2D eigenvalue weighted by molar-refractivity contribution is -0.385. The zero-order valence-electron chi connectivity index (χ0n) is 8.09. The summed E-state index contributed by atoms with van der Waals surface area (Å²) in [4.78, 5) is 9.79. The second kappa shape index (κ2) is 6.00. The molecule has 0 saturated carbocycles. The lowest BCUT2D eigenvalue weighted by Crippen LogP contribution is -2.11. The van der Waals surface area contributed by atoms with Gasteiger partial charge in [-0.1, -0.05) is 0 Å². The number of nitriles is 1. The summed E-state index contributed by atoms with van der Waals surface area (Å²) in [6.07, 6.45) is -0.0852. The molecule has 7 heteroatoms. The van der Waals surface area contributed by atoms with Gasteiger partial charge in [0.15, 0.2) is 0 Å². The Morgan fingerprint density at radius 2 is 2.25 bits per heavy atom. The Balaban J connectivity index is 0.00000225. The van der Waals surface area contributed by atoms with Crippen LogP contribution in [0.25, 0.3) is 0 Å². The van der Waals surface area contributed by atoms with Crippen molar-refractivity contribution in [2.75, 3.05) is 0 Å². The number of benzene rings is 1. The van der Waals surface area contributed by atoms with Crippen LogP contribution in [0.3, 0.4) is 0 Å². The first-order valence-electron chi connectivity index (χ1n) is 4.12. The van der Waals surface area contributed by atoms with E-state index < -0.39 is 16.8 Å². The maximum absolute atomic E-state index is 13.2. The molecule has 0 aliphatic carbocycles. The Morgan fingerprint density at radius 3 is 2.75 bits per heavy atom. The molecule has 0 saturated heterocycles. The largest absolute Gasteiger partial charge is 0.323 e. The summed E-state index contributed by atoms with van der Waals surface area (Å²) >= 11 is 0. The predicted octanol–water partition coefficient (Wildman–Crippen LogP) is 2.07. The highest BCUT2D eigenvalue weighted by Gasteiger charge is 2.15. The number of nitro benzene ring substituents is 1. The topological polar surface area (TPSA) is 93.0 Å². The van der Waals surface area contributed by atoms with Gasteiger partial charge < -0.3 is 5.73 Å². The third kappa shape index (κ3) is 3.15. The molecule has 0 aliphatic rings. The molecule has 0 aromatic heterocycles. The molecule has 1 rings (SSSR count). The fraction of sp³-hybridized carbons (Fsp3) is 0.222. The van der Waals surface area contributed by atoms with Crippen LogP contribution in [0.15, 0.2) is 18.2 Å². The third-order valence-electron chi connectivity index (χ3n) is 1.90. The molecule has 1 aromatic rings. The molecule has 0 heterocycles. The highest BCUT2D eigenvalue weighted by molar-refractivity contribution is 5.85. The van der Waals surface area contributed by atoms with Gasteiger partial charge in [-0.2, -0.15) is 5.26 Å². The summed E-state index contributed by atoms with van der Waals surface area (Å²) in [7, 11) is 0. The minimum Gasteiger partial charge on any atom is -0.323 e. The van der Waals surface area contributed by atoms with Crippen molar-refractivity contribution >= 4 is 18.1 Å².